The summed E-state index contributed by atoms with van der Waals surface area (Å²) in [6.07, 6.45) is 1.60. The number of aromatic amines is 1. The molecule has 0 radical (unpaired) electrons. The molecule has 0 amide bonds. The van der Waals surface area contributed by atoms with E-state index in [4.69, 9.17) is 14.1 Å². The molecule has 1 atom stereocenters. The lowest BCUT2D eigenvalue weighted by atomic mass is 10.1. The molecule has 6 nitrogen and oxygen atoms in total. The Morgan fingerprint density at radius 3 is 2.93 bits per heavy atom. The maximum Gasteiger partial charge on any atom is 0.260 e. The summed E-state index contributed by atoms with van der Waals surface area (Å²) in [7, 11) is 3.67. The van der Waals surface area contributed by atoms with Crippen molar-refractivity contribution in [3.8, 4) is 17.1 Å². The first-order valence-corrected chi connectivity index (χ1v) is 9.83. The molecule has 1 aromatic carbocycles. The van der Waals surface area contributed by atoms with Crippen molar-refractivity contribution in [2.24, 2.45) is 0 Å². The van der Waals surface area contributed by atoms with Crippen LogP contribution in [-0.2, 0) is 6.54 Å². The second-order valence-electron chi connectivity index (χ2n) is 6.70. The van der Waals surface area contributed by atoms with Crippen molar-refractivity contribution in [1.29, 1.82) is 0 Å². The van der Waals surface area contributed by atoms with Crippen molar-refractivity contribution in [2.75, 3.05) is 14.2 Å². The molecular formula is C21H21N3O3S. The summed E-state index contributed by atoms with van der Waals surface area (Å²) < 4.78 is 10.7. The van der Waals surface area contributed by atoms with Gasteiger partial charge in [-0.25, -0.2) is 4.98 Å². The van der Waals surface area contributed by atoms with E-state index >= 15 is 0 Å². The zero-order valence-corrected chi connectivity index (χ0v) is 16.7. The molecule has 0 fully saturated rings. The lowest BCUT2D eigenvalue weighted by Gasteiger charge is -2.24. The van der Waals surface area contributed by atoms with E-state index in [0.717, 1.165) is 16.9 Å². The maximum absolute atomic E-state index is 12.8. The minimum atomic E-state index is -0.144. The van der Waals surface area contributed by atoms with Crippen molar-refractivity contribution >= 4 is 21.6 Å². The van der Waals surface area contributed by atoms with Gasteiger partial charge in [-0.05, 0) is 43.8 Å². The van der Waals surface area contributed by atoms with Crippen molar-refractivity contribution < 1.29 is 9.15 Å². The largest absolute Gasteiger partial charge is 0.497 e. The SMILES string of the molecule is COc1cccc(CN(C)[C@H](C)c2nc3scc(-c4ccco4)c3c(=O)[nH]2)c1. The van der Waals surface area contributed by atoms with E-state index in [2.05, 4.69) is 16.0 Å². The second-order valence-corrected chi connectivity index (χ2v) is 7.56. The second kappa shape index (κ2) is 7.61. The van der Waals surface area contributed by atoms with E-state index in [1.54, 1.807) is 13.4 Å². The predicted octanol–water partition coefficient (Wildman–Crippen LogP) is 4.45. The first kappa shape index (κ1) is 18.5. The highest BCUT2D eigenvalue weighted by Crippen LogP contribution is 2.31. The molecule has 3 heterocycles. The minimum absolute atomic E-state index is 0.0579. The highest BCUT2D eigenvalue weighted by atomic mass is 32.1. The topological polar surface area (TPSA) is 71.4 Å². The van der Waals surface area contributed by atoms with Gasteiger partial charge in [-0.1, -0.05) is 12.1 Å². The normalized spacial score (nSPS) is 12.6. The van der Waals surface area contributed by atoms with Crippen LogP contribution in [0.1, 0.15) is 24.4 Å². The lowest BCUT2D eigenvalue weighted by Crippen LogP contribution is -2.25. The number of nitrogens with one attached hydrogen (secondary N) is 1. The average Bonchev–Trinajstić information content (AvgIpc) is 3.37. The molecule has 4 rings (SSSR count). The van der Waals surface area contributed by atoms with Gasteiger partial charge in [0.15, 0.2) is 0 Å². The van der Waals surface area contributed by atoms with Crippen LogP contribution in [0.25, 0.3) is 21.5 Å². The molecule has 0 saturated heterocycles. The van der Waals surface area contributed by atoms with Crippen LogP contribution in [0.2, 0.25) is 0 Å². The van der Waals surface area contributed by atoms with Crippen molar-refractivity contribution in [3.05, 3.63) is 69.8 Å². The van der Waals surface area contributed by atoms with Gasteiger partial charge in [0, 0.05) is 17.5 Å². The van der Waals surface area contributed by atoms with Gasteiger partial charge in [0.2, 0.25) is 0 Å². The molecule has 0 aliphatic heterocycles. The van der Waals surface area contributed by atoms with Crippen LogP contribution < -0.4 is 10.3 Å². The van der Waals surface area contributed by atoms with Gasteiger partial charge in [0.25, 0.3) is 5.56 Å². The number of benzene rings is 1. The number of nitrogens with zero attached hydrogens (tertiary/aromatic N) is 2. The maximum atomic E-state index is 12.8. The molecule has 0 aliphatic rings. The number of fused-ring (bicyclic) bond motifs is 1. The number of aromatic nitrogens is 2. The summed E-state index contributed by atoms with van der Waals surface area (Å²) in [4.78, 5) is 23.3. The molecule has 4 aromatic rings. The fourth-order valence-electron chi connectivity index (χ4n) is 3.18. The number of thiophene rings is 1. The van der Waals surface area contributed by atoms with E-state index in [9.17, 15) is 4.79 Å². The third-order valence-corrected chi connectivity index (χ3v) is 5.74. The van der Waals surface area contributed by atoms with Gasteiger partial charge in [-0.3, -0.25) is 9.69 Å². The number of H-pyrrole nitrogens is 1. The Labute approximate surface area is 166 Å². The monoisotopic (exact) mass is 395 g/mol. The molecular weight excluding hydrogens is 374 g/mol. The summed E-state index contributed by atoms with van der Waals surface area (Å²) in [5, 5.41) is 2.49. The van der Waals surface area contributed by atoms with Crippen LogP contribution in [-0.4, -0.2) is 29.0 Å². The number of methoxy groups -OCH3 is 1. The molecule has 0 unspecified atom stereocenters. The Balaban J connectivity index is 1.62. The Bertz CT molecular complexity index is 1150. The number of rotatable bonds is 6. The molecule has 0 spiro atoms. The average molecular weight is 395 g/mol. The summed E-state index contributed by atoms with van der Waals surface area (Å²) >= 11 is 1.45. The lowest BCUT2D eigenvalue weighted by molar-refractivity contribution is 0.243. The quantitative estimate of drug-likeness (QED) is 0.522. The van der Waals surface area contributed by atoms with Crippen LogP contribution in [0, 0.1) is 0 Å². The summed E-state index contributed by atoms with van der Waals surface area (Å²) in [6, 6.07) is 11.6. The molecule has 28 heavy (non-hydrogen) atoms. The summed E-state index contributed by atoms with van der Waals surface area (Å²) in [6.45, 7) is 2.74. The van der Waals surface area contributed by atoms with Crippen LogP contribution in [0.4, 0.5) is 0 Å². The highest BCUT2D eigenvalue weighted by molar-refractivity contribution is 7.17. The minimum Gasteiger partial charge on any atom is -0.497 e. The van der Waals surface area contributed by atoms with Crippen molar-refractivity contribution in [2.45, 2.75) is 19.5 Å². The third kappa shape index (κ3) is 3.46. The summed E-state index contributed by atoms with van der Waals surface area (Å²) in [5.41, 5.74) is 1.77. The van der Waals surface area contributed by atoms with E-state index in [-0.39, 0.29) is 11.6 Å². The Morgan fingerprint density at radius 1 is 1.32 bits per heavy atom. The van der Waals surface area contributed by atoms with Gasteiger partial charge < -0.3 is 14.1 Å². The van der Waals surface area contributed by atoms with E-state index in [1.807, 2.05) is 49.7 Å². The van der Waals surface area contributed by atoms with Gasteiger partial charge >= 0.3 is 0 Å². The Hall–Kier alpha value is -2.90. The zero-order chi connectivity index (χ0) is 19.7. The van der Waals surface area contributed by atoms with E-state index in [0.29, 0.717) is 28.3 Å². The van der Waals surface area contributed by atoms with E-state index in [1.165, 1.54) is 11.3 Å². The molecule has 7 heteroatoms. The molecule has 0 aliphatic carbocycles. The molecule has 144 valence electrons. The Morgan fingerprint density at radius 2 is 2.18 bits per heavy atom. The standard InChI is InChI=1S/C21H21N3O3S/c1-13(24(2)11-14-6-4-7-15(10-14)26-3)19-22-20(25)18-16(12-28-21(18)23-19)17-8-5-9-27-17/h4-10,12-13H,11H2,1-3H3,(H,22,23,25)/t13-/m1/s1. The highest BCUT2D eigenvalue weighted by Gasteiger charge is 2.19. The van der Waals surface area contributed by atoms with Gasteiger partial charge in [0.05, 0.1) is 24.8 Å². The number of hydrogen-bond donors (Lipinski definition) is 1. The van der Waals surface area contributed by atoms with Crippen LogP contribution in [0.15, 0.2) is 57.3 Å². The number of furan rings is 1. The van der Waals surface area contributed by atoms with Crippen molar-refractivity contribution in [3.63, 3.8) is 0 Å². The summed E-state index contributed by atoms with van der Waals surface area (Å²) in [5.74, 6) is 2.15. The van der Waals surface area contributed by atoms with Crippen molar-refractivity contribution in [1.82, 2.24) is 14.9 Å². The smallest absolute Gasteiger partial charge is 0.260 e. The van der Waals surface area contributed by atoms with Crippen LogP contribution in [0.3, 0.4) is 0 Å². The third-order valence-electron chi connectivity index (χ3n) is 4.87. The zero-order valence-electron chi connectivity index (χ0n) is 15.9. The number of hydrogen-bond acceptors (Lipinski definition) is 6. The van der Waals surface area contributed by atoms with Gasteiger partial charge in [0.1, 0.15) is 22.2 Å². The van der Waals surface area contributed by atoms with Crippen LogP contribution in [0.5, 0.6) is 5.75 Å². The molecule has 1 N–H and O–H groups in total. The fraction of sp³-hybridized carbons (Fsp3) is 0.238. The first-order chi connectivity index (χ1) is 13.6. The van der Waals surface area contributed by atoms with Crippen LogP contribution >= 0.6 is 11.3 Å². The first-order valence-electron chi connectivity index (χ1n) is 8.95. The molecule has 0 saturated carbocycles. The predicted molar refractivity (Wildman–Crippen MR) is 111 cm³/mol. The molecule has 3 aromatic heterocycles. The fourth-order valence-corrected chi connectivity index (χ4v) is 4.12. The number of ether oxygens (including phenoxy) is 1. The van der Waals surface area contributed by atoms with E-state index < -0.39 is 0 Å². The molecule has 0 bridgehead atoms. The van der Waals surface area contributed by atoms with Gasteiger partial charge in [-0.2, -0.15) is 0 Å². The Kier molecular flexibility index (Phi) is 5.02. The van der Waals surface area contributed by atoms with Gasteiger partial charge in [-0.15, -0.1) is 11.3 Å².